The van der Waals surface area contributed by atoms with Crippen LogP contribution in [0.2, 0.25) is 5.02 Å². The molecule has 0 spiro atoms. The van der Waals surface area contributed by atoms with Crippen LogP contribution in [0, 0.1) is 0 Å². The Morgan fingerprint density at radius 3 is 3.00 bits per heavy atom. The Morgan fingerprint density at radius 2 is 2.18 bits per heavy atom. The smallest absolute Gasteiger partial charge is 0.0957 e. The van der Waals surface area contributed by atoms with E-state index in [9.17, 15) is 5.11 Å². The molecule has 1 fully saturated rings. The highest BCUT2D eigenvalue weighted by Crippen LogP contribution is 2.30. The van der Waals surface area contributed by atoms with Gasteiger partial charge < -0.3 is 10.4 Å². The molecule has 2 rings (SSSR count). The molecular weight excluding hydrogens is 302 g/mol. The second kappa shape index (κ2) is 6.19. The lowest BCUT2D eigenvalue weighted by molar-refractivity contribution is 0.126. The lowest BCUT2D eigenvalue weighted by Gasteiger charge is -2.23. The number of hydrogen-bond acceptors (Lipinski definition) is 2. The second-order valence-corrected chi connectivity index (χ2v) is 5.84. The molecule has 94 valence electrons. The molecule has 0 bridgehead atoms. The Balaban J connectivity index is 2.16. The Hall–Kier alpha value is -0.0900. The molecule has 17 heavy (non-hydrogen) atoms. The van der Waals surface area contributed by atoms with E-state index in [1.807, 2.05) is 18.2 Å². The zero-order chi connectivity index (χ0) is 12.3. The van der Waals surface area contributed by atoms with E-state index in [-0.39, 0.29) is 6.04 Å². The molecule has 0 amide bonds. The van der Waals surface area contributed by atoms with Crippen molar-refractivity contribution in [1.29, 1.82) is 0 Å². The Morgan fingerprint density at radius 1 is 1.35 bits per heavy atom. The summed E-state index contributed by atoms with van der Waals surface area (Å²) >= 11 is 9.56. The van der Waals surface area contributed by atoms with Gasteiger partial charge in [0.1, 0.15) is 0 Å². The first-order valence-corrected chi connectivity index (χ1v) is 7.22. The highest BCUT2D eigenvalue weighted by molar-refractivity contribution is 9.10. The van der Waals surface area contributed by atoms with Crippen LogP contribution >= 0.6 is 27.5 Å². The Bertz CT molecular complexity index is 378. The van der Waals surface area contributed by atoms with Gasteiger partial charge in [0.15, 0.2) is 0 Å². The fourth-order valence-corrected chi connectivity index (χ4v) is 2.89. The molecule has 0 aliphatic carbocycles. The van der Waals surface area contributed by atoms with E-state index >= 15 is 0 Å². The summed E-state index contributed by atoms with van der Waals surface area (Å²) in [5, 5.41) is 14.4. The van der Waals surface area contributed by atoms with Gasteiger partial charge in [0, 0.05) is 21.1 Å². The highest BCUT2D eigenvalue weighted by Gasteiger charge is 2.23. The van der Waals surface area contributed by atoms with E-state index in [0.717, 1.165) is 23.0 Å². The summed E-state index contributed by atoms with van der Waals surface area (Å²) in [6.07, 6.45) is 4.07. The van der Waals surface area contributed by atoms with E-state index < -0.39 is 6.10 Å². The summed E-state index contributed by atoms with van der Waals surface area (Å²) < 4.78 is 0.949. The lowest BCUT2D eigenvalue weighted by atomic mass is 9.98. The first-order chi connectivity index (χ1) is 8.18. The van der Waals surface area contributed by atoms with Gasteiger partial charge in [-0.3, -0.25) is 0 Å². The van der Waals surface area contributed by atoms with Crippen LogP contribution in [0.3, 0.4) is 0 Å². The average molecular weight is 319 g/mol. The van der Waals surface area contributed by atoms with Crippen molar-refractivity contribution >= 4 is 27.5 Å². The van der Waals surface area contributed by atoms with Crippen LogP contribution in [-0.2, 0) is 0 Å². The molecule has 1 aliphatic heterocycles. The molecule has 1 saturated heterocycles. The summed E-state index contributed by atoms with van der Waals surface area (Å²) in [5.74, 6) is 0. The van der Waals surface area contributed by atoms with Crippen LogP contribution in [0.1, 0.15) is 37.4 Å². The summed E-state index contributed by atoms with van der Waals surface area (Å²) in [6.45, 7) is 0.980. The van der Waals surface area contributed by atoms with Crippen molar-refractivity contribution in [1.82, 2.24) is 5.32 Å². The quantitative estimate of drug-likeness (QED) is 0.872. The van der Waals surface area contributed by atoms with Crippen molar-refractivity contribution in [2.24, 2.45) is 0 Å². The van der Waals surface area contributed by atoms with Crippen LogP contribution in [0.15, 0.2) is 22.7 Å². The number of halogens is 2. The molecule has 2 unspecified atom stereocenters. The van der Waals surface area contributed by atoms with Crippen LogP contribution in [0.4, 0.5) is 0 Å². The summed E-state index contributed by atoms with van der Waals surface area (Å²) in [4.78, 5) is 0. The monoisotopic (exact) mass is 317 g/mol. The second-order valence-electron chi connectivity index (χ2n) is 4.52. The van der Waals surface area contributed by atoms with Gasteiger partial charge in [-0.25, -0.2) is 0 Å². The van der Waals surface area contributed by atoms with Gasteiger partial charge in [-0.2, -0.15) is 0 Å². The molecule has 1 aliphatic rings. The van der Waals surface area contributed by atoms with Gasteiger partial charge in [-0.15, -0.1) is 0 Å². The molecule has 0 radical (unpaired) electrons. The van der Waals surface area contributed by atoms with Crippen molar-refractivity contribution in [2.75, 3.05) is 6.54 Å². The van der Waals surface area contributed by atoms with Gasteiger partial charge in [-0.1, -0.05) is 40.4 Å². The third kappa shape index (κ3) is 3.44. The Kier molecular flexibility index (Phi) is 4.86. The van der Waals surface area contributed by atoms with Crippen molar-refractivity contribution in [3.8, 4) is 0 Å². The van der Waals surface area contributed by atoms with Gasteiger partial charge in [0.25, 0.3) is 0 Å². The highest BCUT2D eigenvalue weighted by atomic mass is 79.9. The van der Waals surface area contributed by atoms with E-state index in [2.05, 4.69) is 21.2 Å². The van der Waals surface area contributed by atoms with E-state index in [0.29, 0.717) is 5.02 Å². The fraction of sp³-hybridized carbons (Fsp3) is 0.538. The van der Waals surface area contributed by atoms with Crippen LogP contribution < -0.4 is 5.32 Å². The molecule has 0 aromatic heterocycles. The van der Waals surface area contributed by atoms with E-state index in [1.54, 1.807) is 0 Å². The normalized spacial score (nSPS) is 23.1. The lowest BCUT2D eigenvalue weighted by Crippen LogP contribution is -2.34. The minimum atomic E-state index is -0.530. The maximum absolute atomic E-state index is 10.4. The van der Waals surface area contributed by atoms with Crippen molar-refractivity contribution in [3.05, 3.63) is 33.3 Å². The van der Waals surface area contributed by atoms with Crippen molar-refractivity contribution in [3.63, 3.8) is 0 Å². The summed E-state index contributed by atoms with van der Waals surface area (Å²) in [5.41, 5.74) is 0.806. The molecule has 2 atom stereocenters. The third-order valence-corrected chi connectivity index (χ3v) is 4.09. The van der Waals surface area contributed by atoms with Gasteiger partial charge >= 0.3 is 0 Å². The predicted molar refractivity (Wildman–Crippen MR) is 74.4 cm³/mol. The number of aliphatic hydroxyl groups excluding tert-OH is 1. The first kappa shape index (κ1) is 13.3. The van der Waals surface area contributed by atoms with E-state index in [1.165, 1.54) is 19.3 Å². The molecule has 1 aromatic carbocycles. The number of aliphatic hydroxyl groups is 1. The maximum Gasteiger partial charge on any atom is 0.0957 e. The standard InChI is InChI=1S/C13H17BrClNO/c14-9-5-6-11(15)10(8-9)13(17)12-4-2-1-3-7-16-12/h5-6,8,12-13,16-17H,1-4,7H2. The van der Waals surface area contributed by atoms with Crippen LogP contribution in [-0.4, -0.2) is 17.7 Å². The third-order valence-electron chi connectivity index (χ3n) is 3.26. The van der Waals surface area contributed by atoms with Gasteiger partial charge in [0.05, 0.1) is 6.10 Å². The molecule has 4 heteroatoms. The number of rotatable bonds is 2. The summed E-state index contributed by atoms with van der Waals surface area (Å²) in [6, 6.07) is 5.73. The molecule has 1 heterocycles. The molecule has 1 aromatic rings. The minimum absolute atomic E-state index is 0.115. The molecule has 2 N–H and O–H groups in total. The number of benzene rings is 1. The van der Waals surface area contributed by atoms with Gasteiger partial charge in [-0.05, 0) is 37.6 Å². The van der Waals surface area contributed by atoms with E-state index in [4.69, 9.17) is 11.6 Å². The molecular formula is C13H17BrClNO. The zero-order valence-electron chi connectivity index (χ0n) is 9.63. The van der Waals surface area contributed by atoms with Crippen LogP contribution in [0.5, 0.6) is 0 Å². The summed E-state index contributed by atoms with van der Waals surface area (Å²) in [7, 11) is 0. The fourth-order valence-electron chi connectivity index (χ4n) is 2.28. The topological polar surface area (TPSA) is 32.3 Å². The minimum Gasteiger partial charge on any atom is -0.387 e. The van der Waals surface area contributed by atoms with Crippen LogP contribution in [0.25, 0.3) is 0 Å². The first-order valence-electron chi connectivity index (χ1n) is 6.05. The number of hydrogen-bond donors (Lipinski definition) is 2. The predicted octanol–water partition coefficient (Wildman–Crippen LogP) is 3.67. The maximum atomic E-state index is 10.4. The molecule has 0 saturated carbocycles. The number of nitrogens with one attached hydrogen (secondary N) is 1. The zero-order valence-corrected chi connectivity index (χ0v) is 12.0. The molecule has 2 nitrogen and oxygen atoms in total. The Labute approximate surface area is 115 Å². The largest absolute Gasteiger partial charge is 0.387 e. The van der Waals surface area contributed by atoms with Gasteiger partial charge in [0.2, 0.25) is 0 Å². The average Bonchev–Trinajstić information content (AvgIpc) is 2.60. The van der Waals surface area contributed by atoms with Crippen molar-refractivity contribution < 1.29 is 5.11 Å². The SMILES string of the molecule is OC(c1cc(Br)ccc1Cl)C1CCCCCN1. The van der Waals surface area contributed by atoms with Crippen molar-refractivity contribution in [2.45, 2.75) is 37.8 Å².